The summed E-state index contributed by atoms with van der Waals surface area (Å²) in [7, 11) is 1.73. The van der Waals surface area contributed by atoms with E-state index in [1.165, 1.54) is 6.20 Å². The van der Waals surface area contributed by atoms with Gasteiger partial charge in [0.15, 0.2) is 0 Å². The number of carbonyl (C=O) groups is 1. The number of hydrogen-bond acceptors (Lipinski definition) is 4. The van der Waals surface area contributed by atoms with Crippen molar-refractivity contribution in [1.29, 1.82) is 0 Å². The molecule has 0 bridgehead atoms. The van der Waals surface area contributed by atoms with Crippen LogP contribution in [0.15, 0.2) is 60.8 Å². The monoisotopic (exact) mass is 386 g/mol. The number of hydrogen-bond donors (Lipinski definition) is 1. The molecule has 0 aliphatic rings. The third-order valence-corrected chi connectivity index (χ3v) is 4.31. The highest BCUT2D eigenvalue weighted by molar-refractivity contribution is 6.39. The number of nitrogens with one attached hydrogen (secondary N) is 1. The molecule has 3 rings (SSSR count). The Labute approximate surface area is 161 Å². The van der Waals surface area contributed by atoms with Gasteiger partial charge < -0.3 is 10.2 Å². The lowest BCUT2D eigenvalue weighted by molar-refractivity contribution is 0.0779. The number of nitrogens with zero attached hydrogens (tertiary/aromatic N) is 3. The van der Waals surface area contributed by atoms with Crippen LogP contribution in [0.5, 0.6) is 0 Å². The SMILES string of the molecule is CN(Cc1ccccc1)C(=O)c1ccnc(Nc2c(Cl)cccc2Cl)n1. The molecule has 0 fully saturated rings. The molecule has 0 radical (unpaired) electrons. The highest BCUT2D eigenvalue weighted by atomic mass is 35.5. The summed E-state index contributed by atoms with van der Waals surface area (Å²) in [5.41, 5.74) is 1.82. The second-order valence-corrected chi connectivity index (χ2v) is 6.45. The highest BCUT2D eigenvalue weighted by Gasteiger charge is 2.15. The Morgan fingerprint density at radius 1 is 1.04 bits per heavy atom. The van der Waals surface area contributed by atoms with Crippen LogP contribution in [0.3, 0.4) is 0 Å². The van der Waals surface area contributed by atoms with Gasteiger partial charge in [0.1, 0.15) is 5.69 Å². The number of anilines is 2. The molecule has 0 saturated carbocycles. The molecule has 132 valence electrons. The Morgan fingerprint density at radius 2 is 1.73 bits per heavy atom. The van der Waals surface area contributed by atoms with Gasteiger partial charge in [0.25, 0.3) is 5.91 Å². The van der Waals surface area contributed by atoms with Crippen molar-refractivity contribution in [1.82, 2.24) is 14.9 Å². The molecule has 0 aliphatic heterocycles. The number of halogens is 2. The van der Waals surface area contributed by atoms with Gasteiger partial charge in [-0.25, -0.2) is 9.97 Å². The van der Waals surface area contributed by atoms with Gasteiger partial charge in [-0.05, 0) is 23.8 Å². The van der Waals surface area contributed by atoms with Crippen molar-refractivity contribution in [3.8, 4) is 0 Å². The summed E-state index contributed by atoms with van der Waals surface area (Å²) in [6, 6.07) is 16.5. The van der Waals surface area contributed by atoms with Gasteiger partial charge in [-0.15, -0.1) is 0 Å². The van der Waals surface area contributed by atoms with Crippen LogP contribution in [-0.4, -0.2) is 27.8 Å². The van der Waals surface area contributed by atoms with E-state index in [9.17, 15) is 4.79 Å². The molecule has 1 aromatic heterocycles. The van der Waals surface area contributed by atoms with Gasteiger partial charge in [0.05, 0.1) is 15.7 Å². The minimum Gasteiger partial charge on any atom is -0.336 e. The summed E-state index contributed by atoms with van der Waals surface area (Å²) in [6.45, 7) is 0.489. The predicted molar refractivity (Wildman–Crippen MR) is 104 cm³/mol. The molecule has 0 atom stereocenters. The van der Waals surface area contributed by atoms with Crippen molar-refractivity contribution in [2.45, 2.75) is 6.54 Å². The van der Waals surface area contributed by atoms with Crippen LogP contribution in [0, 0.1) is 0 Å². The summed E-state index contributed by atoms with van der Waals surface area (Å²) in [6.07, 6.45) is 1.52. The summed E-state index contributed by atoms with van der Waals surface area (Å²) >= 11 is 12.3. The molecule has 0 spiro atoms. The first kappa shape index (κ1) is 18.2. The van der Waals surface area contributed by atoms with Gasteiger partial charge in [0, 0.05) is 19.8 Å². The number of rotatable bonds is 5. The quantitative estimate of drug-likeness (QED) is 0.683. The normalized spacial score (nSPS) is 10.4. The largest absolute Gasteiger partial charge is 0.336 e. The third kappa shape index (κ3) is 4.31. The Kier molecular flexibility index (Phi) is 5.71. The molecule has 0 aliphatic carbocycles. The molecule has 26 heavy (non-hydrogen) atoms. The van der Waals surface area contributed by atoms with E-state index in [1.807, 2.05) is 30.3 Å². The Balaban J connectivity index is 1.77. The lowest BCUT2D eigenvalue weighted by Crippen LogP contribution is -2.27. The molecule has 5 nitrogen and oxygen atoms in total. The Morgan fingerprint density at radius 3 is 2.42 bits per heavy atom. The predicted octanol–water partition coefficient (Wildman–Crippen LogP) is 4.80. The zero-order valence-electron chi connectivity index (χ0n) is 14.0. The van der Waals surface area contributed by atoms with Crippen LogP contribution in [0.2, 0.25) is 10.0 Å². The van der Waals surface area contributed by atoms with Crippen molar-refractivity contribution in [2.24, 2.45) is 0 Å². The maximum atomic E-state index is 12.6. The van der Waals surface area contributed by atoms with Crippen molar-refractivity contribution in [2.75, 3.05) is 12.4 Å². The summed E-state index contributed by atoms with van der Waals surface area (Å²) in [5.74, 6) is 0.0449. The minimum atomic E-state index is -0.204. The van der Waals surface area contributed by atoms with E-state index in [-0.39, 0.29) is 17.5 Å². The van der Waals surface area contributed by atoms with Crippen LogP contribution < -0.4 is 5.32 Å². The van der Waals surface area contributed by atoms with Crippen LogP contribution in [0.25, 0.3) is 0 Å². The number of benzene rings is 2. The molecule has 3 aromatic rings. The second kappa shape index (κ2) is 8.17. The van der Waals surface area contributed by atoms with Crippen molar-refractivity contribution in [3.63, 3.8) is 0 Å². The first-order valence-electron chi connectivity index (χ1n) is 7.88. The molecule has 7 heteroatoms. The van der Waals surface area contributed by atoms with Crippen molar-refractivity contribution < 1.29 is 4.79 Å². The lowest BCUT2D eigenvalue weighted by atomic mass is 10.2. The minimum absolute atomic E-state index is 0.204. The average molecular weight is 387 g/mol. The summed E-state index contributed by atoms with van der Waals surface area (Å²) in [4.78, 5) is 22.7. The standard InChI is InChI=1S/C19H16Cl2N4O/c1-25(12-13-6-3-2-4-7-13)18(26)16-10-11-22-19(23-16)24-17-14(20)8-5-9-15(17)21/h2-11H,12H2,1H3,(H,22,23,24). The smallest absolute Gasteiger partial charge is 0.272 e. The first-order valence-corrected chi connectivity index (χ1v) is 8.63. The molecular weight excluding hydrogens is 371 g/mol. The van der Waals surface area contributed by atoms with E-state index in [1.54, 1.807) is 36.2 Å². The van der Waals surface area contributed by atoms with Crippen molar-refractivity contribution >= 4 is 40.7 Å². The average Bonchev–Trinajstić information content (AvgIpc) is 2.65. The molecule has 0 unspecified atom stereocenters. The molecular formula is C19H16Cl2N4O. The Hall–Kier alpha value is -2.63. The zero-order chi connectivity index (χ0) is 18.5. The molecule has 2 aromatic carbocycles. The van der Waals surface area contributed by atoms with E-state index in [4.69, 9.17) is 23.2 Å². The fourth-order valence-corrected chi connectivity index (χ4v) is 2.88. The van der Waals surface area contributed by atoms with E-state index >= 15 is 0 Å². The zero-order valence-corrected chi connectivity index (χ0v) is 15.5. The van der Waals surface area contributed by atoms with E-state index in [0.29, 0.717) is 22.3 Å². The van der Waals surface area contributed by atoms with Gasteiger partial charge in [-0.3, -0.25) is 4.79 Å². The first-order chi connectivity index (χ1) is 12.5. The van der Waals surface area contributed by atoms with Crippen LogP contribution >= 0.6 is 23.2 Å². The third-order valence-electron chi connectivity index (χ3n) is 3.68. The Bertz CT molecular complexity index is 898. The number of carbonyl (C=O) groups excluding carboxylic acids is 1. The lowest BCUT2D eigenvalue weighted by Gasteiger charge is -2.17. The van der Waals surface area contributed by atoms with Crippen molar-refractivity contribution in [3.05, 3.63) is 82.1 Å². The van der Waals surface area contributed by atoms with Crippen LogP contribution in [0.1, 0.15) is 16.1 Å². The molecule has 1 amide bonds. The molecule has 1 N–H and O–H groups in total. The fraction of sp³-hybridized carbons (Fsp3) is 0.105. The van der Waals surface area contributed by atoms with Gasteiger partial charge >= 0.3 is 0 Å². The maximum absolute atomic E-state index is 12.6. The van der Waals surface area contributed by atoms with E-state index < -0.39 is 0 Å². The highest BCUT2D eigenvalue weighted by Crippen LogP contribution is 2.31. The van der Waals surface area contributed by atoms with Crippen LogP contribution in [-0.2, 0) is 6.54 Å². The molecule has 0 saturated heterocycles. The number of para-hydroxylation sites is 1. The van der Waals surface area contributed by atoms with E-state index in [0.717, 1.165) is 5.56 Å². The second-order valence-electron chi connectivity index (χ2n) is 5.63. The van der Waals surface area contributed by atoms with Crippen LogP contribution in [0.4, 0.5) is 11.6 Å². The fourth-order valence-electron chi connectivity index (χ4n) is 2.39. The maximum Gasteiger partial charge on any atom is 0.272 e. The number of amides is 1. The van der Waals surface area contributed by atoms with Gasteiger partial charge in [0.2, 0.25) is 5.95 Å². The topological polar surface area (TPSA) is 58.1 Å². The van der Waals surface area contributed by atoms with Gasteiger partial charge in [-0.2, -0.15) is 0 Å². The number of aromatic nitrogens is 2. The summed E-state index contributed by atoms with van der Waals surface area (Å²) in [5, 5.41) is 3.85. The van der Waals surface area contributed by atoms with E-state index in [2.05, 4.69) is 15.3 Å². The molecule has 1 heterocycles. The van der Waals surface area contributed by atoms with Gasteiger partial charge in [-0.1, -0.05) is 59.6 Å². The summed E-state index contributed by atoms with van der Waals surface area (Å²) < 4.78 is 0.